The molecule has 0 radical (unpaired) electrons. The zero-order valence-corrected chi connectivity index (χ0v) is 17.0. The smallest absolute Gasteiger partial charge is 0.309 e. The maximum absolute atomic E-state index is 13.8. The molecular formula is C20H21FN6O5. The number of carbonyl (C=O) groups is 2. The molecule has 0 spiro atoms. The lowest BCUT2D eigenvalue weighted by Gasteiger charge is -2.27. The Kier molecular flexibility index (Phi) is 3.97. The lowest BCUT2D eigenvalue weighted by molar-refractivity contribution is 0.0869. The molecule has 11 nitrogen and oxygen atoms in total. The highest BCUT2D eigenvalue weighted by atomic mass is 19.1. The van der Waals surface area contributed by atoms with Gasteiger partial charge in [0.15, 0.2) is 5.69 Å². The standard InChI is InChI=1S/C20H21FN6O5/c1-10-25-26-17(32-10)16(30)24-20(2,3)19-23-13(14(28)18(31)27(19)4)15(29)22-9-11-5-7-12(21)8-6-11/h5-8,28H,9H2,1-4H3,(H,22,29)(H,24,30)/i4D3,5D,6D,7D,8D. The second-order valence-electron chi connectivity index (χ2n) is 6.95. The number of aromatic hydroxyl groups is 1. The summed E-state index contributed by atoms with van der Waals surface area (Å²) in [5.41, 5.74) is -4.72. The number of carbonyl (C=O) groups excluding carboxylic acids is 2. The van der Waals surface area contributed by atoms with E-state index in [0.29, 0.717) is 0 Å². The number of hydrogen-bond donors (Lipinski definition) is 3. The quantitative estimate of drug-likeness (QED) is 0.500. The van der Waals surface area contributed by atoms with Crippen molar-refractivity contribution in [3.63, 3.8) is 0 Å². The van der Waals surface area contributed by atoms with Crippen molar-refractivity contribution in [1.82, 2.24) is 30.4 Å². The first-order valence-electron chi connectivity index (χ1n) is 12.4. The van der Waals surface area contributed by atoms with Crippen molar-refractivity contribution >= 4 is 11.8 Å². The number of amides is 2. The minimum Gasteiger partial charge on any atom is -0.501 e. The molecule has 3 aromatic rings. The van der Waals surface area contributed by atoms with E-state index < -0.39 is 95.1 Å². The van der Waals surface area contributed by atoms with Crippen molar-refractivity contribution in [2.75, 3.05) is 0 Å². The fourth-order valence-corrected chi connectivity index (χ4v) is 2.54. The van der Waals surface area contributed by atoms with Crippen LogP contribution in [0.2, 0.25) is 0 Å². The van der Waals surface area contributed by atoms with Crippen molar-refractivity contribution in [3.05, 3.63) is 69.2 Å². The van der Waals surface area contributed by atoms with Gasteiger partial charge in [-0.3, -0.25) is 19.0 Å². The molecule has 168 valence electrons. The van der Waals surface area contributed by atoms with Gasteiger partial charge in [0.05, 0.1) is 11.0 Å². The van der Waals surface area contributed by atoms with Crippen LogP contribution >= 0.6 is 0 Å². The third-order valence-electron chi connectivity index (χ3n) is 4.05. The van der Waals surface area contributed by atoms with E-state index in [1.807, 2.05) is 0 Å². The molecule has 0 aliphatic rings. The number of aryl methyl sites for hydroxylation is 1. The highest BCUT2D eigenvalue weighted by Crippen LogP contribution is 2.20. The maximum Gasteiger partial charge on any atom is 0.309 e. The minimum atomic E-state index is -3.22. The van der Waals surface area contributed by atoms with Gasteiger partial charge in [-0.15, -0.1) is 10.2 Å². The third-order valence-corrected chi connectivity index (χ3v) is 4.05. The molecule has 2 amide bonds. The van der Waals surface area contributed by atoms with Crippen LogP contribution in [0.25, 0.3) is 0 Å². The van der Waals surface area contributed by atoms with Crippen molar-refractivity contribution in [2.45, 2.75) is 32.9 Å². The van der Waals surface area contributed by atoms with Crippen LogP contribution in [-0.2, 0) is 19.1 Å². The van der Waals surface area contributed by atoms with E-state index in [-0.39, 0.29) is 10.5 Å². The van der Waals surface area contributed by atoms with E-state index >= 15 is 0 Å². The van der Waals surface area contributed by atoms with Crippen LogP contribution in [-0.4, -0.2) is 36.7 Å². The summed E-state index contributed by atoms with van der Waals surface area (Å²) in [5, 5.41) is 22.0. The van der Waals surface area contributed by atoms with Crippen molar-refractivity contribution in [3.8, 4) is 5.75 Å². The van der Waals surface area contributed by atoms with Gasteiger partial charge in [-0.25, -0.2) is 9.37 Å². The zero-order valence-electron chi connectivity index (χ0n) is 24.0. The molecule has 0 aliphatic carbocycles. The molecule has 2 heterocycles. The summed E-state index contributed by atoms with van der Waals surface area (Å²) in [5.74, 6) is -6.10. The molecule has 12 heteroatoms. The van der Waals surface area contributed by atoms with Crippen LogP contribution in [0, 0.1) is 12.7 Å². The number of hydrogen-bond acceptors (Lipinski definition) is 8. The lowest BCUT2D eigenvalue weighted by Crippen LogP contribution is -2.46. The average molecular weight is 451 g/mol. The summed E-state index contributed by atoms with van der Waals surface area (Å²) in [6.45, 7) is -0.00956. The van der Waals surface area contributed by atoms with E-state index in [9.17, 15) is 23.9 Å². The molecular weight excluding hydrogens is 423 g/mol. The molecule has 1 aromatic carbocycles. The number of halogens is 1. The fraction of sp³-hybridized carbons (Fsp3) is 0.300. The molecule has 32 heavy (non-hydrogen) atoms. The van der Waals surface area contributed by atoms with Gasteiger partial charge in [0.25, 0.3) is 11.5 Å². The molecule has 0 aliphatic heterocycles. The van der Waals surface area contributed by atoms with E-state index in [1.54, 1.807) is 0 Å². The van der Waals surface area contributed by atoms with Crippen LogP contribution in [0.3, 0.4) is 0 Å². The first-order chi connectivity index (χ1) is 17.9. The Morgan fingerprint density at radius 3 is 2.56 bits per heavy atom. The fourth-order valence-electron chi connectivity index (χ4n) is 2.54. The highest BCUT2D eigenvalue weighted by Gasteiger charge is 2.32. The van der Waals surface area contributed by atoms with Gasteiger partial charge in [-0.2, -0.15) is 0 Å². The summed E-state index contributed by atoms with van der Waals surface area (Å²) < 4.78 is 72.9. The number of nitrogens with one attached hydrogen (secondary N) is 2. The van der Waals surface area contributed by atoms with Gasteiger partial charge < -0.3 is 20.2 Å². The van der Waals surface area contributed by atoms with Crippen LogP contribution < -0.4 is 16.2 Å². The number of rotatable bonds is 6. The van der Waals surface area contributed by atoms with E-state index in [4.69, 9.17) is 14.0 Å². The van der Waals surface area contributed by atoms with E-state index in [2.05, 4.69) is 25.8 Å². The highest BCUT2D eigenvalue weighted by molar-refractivity contribution is 5.94. The number of aromatic nitrogens is 4. The van der Waals surface area contributed by atoms with Gasteiger partial charge in [-0.05, 0) is 31.5 Å². The van der Waals surface area contributed by atoms with Crippen LogP contribution in [0.1, 0.15) is 61.9 Å². The zero-order chi connectivity index (χ0) is 29.6. The van der Waals surface area contributed by atoms with E-state index in [0.717, 1.165) is 0 Å². The molecule has 3 rings (SSSR count). The van der Waals surface area contributed by atoms with Crippen molar-refractivity contribution in [2.24, 2.45) is 6.98 Å². The van der Waals surface area contributed by atoms with Crippen LogP contribution in [0.15, 0.2) is 33.4 Å². The summed E-state index contributed by atoms with van der Waals surface area (Å²) in [6.07, 6.45) is 0. The maximum atomic E-state index is 13.8. The SMILES string of the molecule is [2H]c1c([2H])c(CNC(=O)c2nc(C(C)(C)NC(=O)c3nnc(C)o3)n(C([2H])([2H])[2H])c(=O)c2O)c([2H])c([2H])c1F. The molecule has 0 fully saturated rings. The average Bonchev–Trinajstić information content (AvgIpc) is 3.28. The molecule has 2 aromatic heterocycles. The van der Waals surface area contributed by atoms with Crippen LogP contribution in [0.4, 0.5) is 4.39 Å². The van der Waals surface area contributed by atoms with Crippen molar-refractivity contribution < 1.29 is 33.1 Å². The Labute approximate surface area is 191 Å². The Balaban J connectivity index is 2.06. The lowest BCUT2D eigenvalue weighted by atomic mass is 10.0. The molecule has 0 saturated heterocycles. The van der Waals surface area contributed by atoms with Gasteiger partial charge >= 0.3 is 11.8 Å². The van der Waals surface area contributed by atoms with Gasteiger partial charge in [-0.1, -0.05) is 12.1 Å². The Morgan fingerprint density at radius 2 is 1.97 bits per heavy atom. The molecule has 0 saturated carbocycles. The second kappa shape index (κ2) is 8.57. The van der Waals surface area contributed by atoms with Crippen LogP contribution in [0.5, 0.6) is 5.75 Å². The monoisotopic (exact) mass is 451 g/mol. The molecule has 3 N–H and O–H groups in total. The Hall–Kier alpha value is -4.09. The predicted octanol–water partition coefficient (Wildman–Crippen LogP) is 0.912. The van der Waals surface area contributed by atoms with Gasteiger partial charge in [0.1, 0.15) is 11.6 Å². The first kappa shape index (κ1) is 14.8. The third kappa shape index (κ3) is 4.63. The summed E-state index contributed by atoms with van der Waals surface area (Å²) in [4.78, 5) is 42.3. The minimum absolute atomic E-state index is 0.0574. The summed E-state index contributed by atoms with van der Waals surface area (Å²) in [6, 6.07) is -3.50. The van der Waals surface area contributed by atoms with Crippen molar-refractivity contribution in [1.29, 1.82) is 0 Å². The second-order valence-corrected chi connectivity index (χ2v) is 6.95. The Bertz CT molecular complexity index is 1520. The number of benzene rings is 1. The molecule has 0 unspecified atom stereocenters. The van der Waals surface area contributed by atoms with Gasteiger partial charge in [0.2, 0.25) is 11.6 Å². The number of nitrogens with zero attached hydrogens (tertiary/aromatic N) is 4. The topological polar surface area (TPSA) is 152 Å². The first-order valence-corrected chi connectivity index (χ1v) is 8.91. The molecule has 0 bridgehead atoms. The van der Waals surface area contributed by atoms with Gasteiger partial charge in [0, 0.05) is 24.6 Å². The summed E-state index contributed by atoms with van der Waals surface area (Å²) >= 11 is 0. The molecule has 0 atom stereocenters. The normalized spacial score (nSPS) is 14.8. The predicted molar refractivity (Wildman–Crippen MR) is 108 cm³/mol. The summed E-state index contributed by atoms with van der Waals surface area (Å²) in [7, 11) is 0. The van der Waals surface area contributed by atoms with E-state index in [1.165, 1.54) is 20.8 Å². The Morgan fingerprint density at radius 1 is 1.28 bits per heavy atom. The largest absolute Gasteiger partial charge is 0.501 e.